The molecule has 1 aromatic heterocycles. The Bertz CT molecular complexity index is 1020. The van der Waals surface area contributed by atoms with Crippen molar-refractivity contribution in [3.05, 3.63) is 78.1 Å². The molecular formula is C19H22FN5O2S. The van der Waals surface area contributed by atoms with Crippen LogP contribution >= 0.6 is 0 Å². The molecule has 0 aliphatic carbocycles. The molecule has 3 rings (SSSR count). The van der Waals surface area contributed by atoms with E-state index in [1.54, 1.807) is 41.1 Å². The zero-order valence-electron chi connectivity index (χ0n) is 15.7. The highest BCUT2D eigenvalue weighted by Crippen LogP contribution is 2.21. The Morgan fingerprint density at radius 2 is 1.96 bits per heavy atom. The first-order chi connectivity index (χ1) is 13.4. The van der Waals surface area contributed by atoms with Crippen molar-refractivity contribution < 1.29 is 12.8 Å². The fraction of sp³-hybridized carbons (Fsp3) is 0.263. The molecule has 0 radical (unpaired) electrons. The zero-order chi connectivity index (χ0) is 20.1. The molecule has 3 aromatic rings. The highest BCUT2D eigenvalue weighted by molar-refractivity contribution is 7.89. The molecule has 28 heavy (non-hydrogen) atoms. The van der Waals surface area contributed by atoms with Gasteiger partial charge in [-0.25, -0.2) is 27.2 Å². The van der Waals surface area contributed by atoms with Gasteiger partial charge in [0.2, 0.25) is 10.0 Å². The second-order valence-electron chi connectivity index (χ2n) is 6.59. The lowest BCUT2D eigenvalue weighted by atomic mass is 10.1. The van der Waals surface area contributed by atoms with E-state index in [0.29, 0.717) is 11.1 Å². The first-order valence-electron chi connectivity index (χ1n) is 8.68. The minimum Gasteiger partial charge on any atom is -0.301 e. The Morgan fingerprint density at radius 3 is 2.64 bits per heavy atom. The maximum atomic E-state index is 13.6. The van der Waals surface area contributed by atoms with Gasteiger partial charge in [-0.2, -0.15) is 5.10 Å². The van der Waals surface area contributed by atoms with Crippen LogP contribution in [0.2, 0.25) is 0 Å². The van der Waals surface area contributed by atoms with Gasteiger partial charge in [-0.1, -0.05) is 30.3 Å². The van der Waals surface area contributed by atoms with Gasteiger partial charge < -0.3 is 4.90 Å². The number of nitrogens with one attached hydrogen (secondary N) is 1. The molecule has 1 unspecified atom stereocenters. The summed E-state index contributed by atoms with van der Waals surface area (Å²) in [6, 6.07) is 12.6. The summed E-state index contributed by atoms with van der Waals surface area (Å²) in [6.07, 6.45) is 2.93. The standard InChI is InChI=1S/C19H22FN5O2S/c1-24(2)18(15-7-5-8-17(20)10-15)11-23-28(26,27)19-9-4-3-6-16(19)12-25-14-21-13-22-25/h3-10,13-14,18,23H,11-12H2,1-2H3. The lowest BCUT2D eigenvalue weighted by Crippen LogP contribution is -2.35. The summed E-state index contributed by atoms with van der Waals surface area (Å²) in [6.45, 7) is 0.397. The normalized spacial score (nSPS) is 13.0. The number of rotatable bonds is 8. The van der Waals surface area contributed by atoms with E-state index in [0.717, 1.165) is 0 Å². The average Bonchev–Trinajstić information content (AvgIpc) is 3.15. The van der Waals surface area contributed by atoms with Gasteiger partial charge in [-0.05, 0) is 43.4 Å². The van der Waals surface area contributed by atoms with Crippen molar-refractivity contribution in [3.8, 4) is 0 Å². The van der Waals surface area contributed by atoms with Crippen molar-refractivity contribution >= 4 is 10.0 Å². The van der Waals surface area contributed by atoms with Gasteiger partial charge in [-0.3, -0.25) is 0 Å². The summed E-state index contributed by atoms with van der Waals surface area (Å²) >= 11 is 0. The molecule has 0 fully saturated rings. The summed E-state index contributed by atoms with van der Waals surface area (Å²) in [5, 5.41) is 4.03. The molecule has 9 heteroatoms. The van der Waals surface area contributed by atoms with E-state index in [4.69, 9.17) is 0 Å². The Labute approximate surface area is 163 Å². The smallest absolute Gasteiger partial charge is 0.240 e. The van der Waals surface area contributed by atoms with Crippen LogP contribution in [-0.2, 0) is 16.6 Å². The van der Waals surface area contributed by atoms with E-state index in [-0.39, 0.29) is 29.8 Å². The van der Waals surface area contributed by atoms with Gasteiger partial charge in [0.1, 0.15) is 18.5 Å². The van der Waals surface area contributed by atoms with Crippen molar-refractivity contribution in [3.63, 3.8) is 0 Å². The molecule has 0 saturated carbocycles. The second-order valence-corrected chi connectivity index (χ2v) is 8.32. The average molecular weight is 403 g/mol. The first kappa shape index (κ1) is 20.1. The molecule has 0 bridgehead atoms. The molecule has 0 aliphatic heterocycles. The maximum absolute atomic E-state index is 13.6. The molecule has 148 valence electrons. The number of halogens is 1. The Morgan fingerprint density at radius 1 is 1.18 bits per heavy atom. The lowest BCUT2D eigenvalue weighted by Gasteiger charge is -2.25. The van der Waals surface area contributed by atoms with Crippen LogP contribution in [0.3, 0.4) is 0 Å². The van der Waals surface area contributed by atoms with Crippen LogP contribution in [0.4, 0.5) is 4.39 Å². The van der Waals surface area contributed by atoms with Gasteiger partial charge >= 0.3 is 0 Å². The Kier molecular flexibility index (Phi) is 6.18. The van der Waals surface area contributed by atoms with Gasteiger partial charge in [0.25, 0.3) is 0 Å². The number of benzene rings is 2. The highest BCUT2D eigenvalue weighted by atomic mass is 32.2. The van der Waals surface area contributed by atoms with E-state index in [1.165, 1.54) is 24.8 Å². The molecule has 0 saturated heterocycles. The van der Waals surface area contributed by atoms with Crippen molar-refractivity contribution in [2.75, 3.05) is 20.6 Å². The fourth-order valence-corrected chi connectivity index (χ4v) is 4.23. The van der Waals surface area contributed by atoms with Crippen LogP contribution in [0, 0.1) is 5.82 Å². The molecular weight excluding hydrogens is 381 g/mol. The third-order valence-electron chi connectivity index (χ3n) is 4.38. The van der Waals surface area contributed by atoms with Crippen LogP contribution < -0.4 is 4.72 Å². The summed E-state index contributed by atoms with van der Waals surface area (Å²) < 4.78 is 43.7. The minimum absolute atomic E-state index is 0.108. The topological polar surface area (TPSA) is 80.1 Å². The molecule has 2 aromatic carbocycles. The van der Waals surface area contributed by atoms with Crippen LogP contribution in [0.15, 0.2) is 66.1 Å². The van der Waals surface area contributed by atoms with Crippen molar-refractivity contribution in [2.24, 2.45) is 0 Å². The zero-order valence-corrected chi connectivity index (χ0v) is 16.5. The fourth-order valence-electron chi connectivity index (χ4n) is 2.96. The third-order valence-corrected chi connectivity index (χ3v) is 5.91. The molecule has 1 atom stereocenters. The van der Waals surface area contributed by atoms with Gasteiger partial charge in [0.15, 0.2) is 0 Å². The number of aromatic nitrogens is 3. The summed E-state index contributed by atoms with van der Waals surface area (Å²) in [5.74, 6) is -0.356. The van der Waals surface area contributed by atoms with Crippen LogP contribution in [0.25, 0.3) is 0 Å². The predicted octanol–water partition coefficient (Wildman–Crippen LogP) is 2.05. The predicted molar refractivity (Wildman–Crippen MR) is 104 cm³/mol. The molecule has 1 heterocycles. The van der Waals surface area contributed by atoms with E-state index in [1.807, 2.05) is 19.0 Å². The number of sulfonamides is 1. The molecule has 0 amide bonds. The Balaban J connectivity index is 1.81. The van der Waals surface area contributed by atoms with E-state index in [2.05, 4.69) is 14.8 Å². The largest absolute Gasteiger partial charge is 0.301 e. The van der Waals surface area contributed by atoms with E-state index >= 15 is 0 Å². The van der Waals surface area contributed by atoms with Crippen molar-refractivity contribution in [1.29, 1.82) is 0 Å². The summed E-state index contributed by atoms with van der Waals surface area (Å²) in [7, 11) is -0.129. The quantitative estimate of drug-likeness (QED) is 0.623. The lowest BCUT2D eigenvalue weighted by molar-refractivity contribution is 0.299. The molecule has 1 N–H and O–H groups in total. The molecule has 7 nitrogen and oxygen atoms in total. The second kappa shape index (κ2) is 8.59. The Hall–Kier alpha value is -2.62. The third kappa shape index (κ3) is 4.80. The highest BCUT2D eigenvalue weighted by Gasteiger charge is 2.22. The number of likely N-dealkylation sites (N-methyl/N-ethyl adjacent to an activating group) is 1. The number of nitrogens with zero attached hydrogens (tertiary/aromatic N) is 4. The van der Waals surface area contributed by atoms with Crippen molar-refractivity contribution in [1.82, 2.24) is 24.4 Å². The first-order valence-corrected chi connectivity index (χ1v) is 10.2. The van der Waals surface area contributed by atoms with Crippen LogP contribution in [0.5, 0.6) is 0 Å². The van der Waals surface area contributed by atoms with Crippen LogP contribution in [0.1, 0.15) is 17.2 Å². The van der Waals surface area contributed by atoms with Gasteiger partial charge in [0.05, 0.1) is 11.4 Å². The maximum Gasteiger partial charge on any atom is 0.240 e. The van der Waals surface area contributed by atoms with E-state index in [9.17, 15) is 12.8 Å². The molecule has 0 spiro atoms. The summed E-state index contributed by atoms with van der Waals surface area (Å²) in [5.41, 5.74) is 1.30. The SMILES string of the molecule is CN(C)C(CNS(=O)(=O)c1ccccc1Cn1cncn1)c1cccc(F)c1. The summed E-state index contributed by atoms with van der Waals surface area (Å²) in [4.78, 5) is 5.91. The van der Waals surface area contributed by atoms with Gasteiger partial charge in [0, 0.05) is 12.6 Å². The van der Waals surface area contributed by atoms with E-state index < -0.39 is 10.0 Å². The number of hydrogen-bond acceptors (Lipinski definition) is 5. The number of hydrogen-bond donors (Lipinski definition) is 1. The van der Waals surface area contributed by atoms with Crippen LogP contribution in [-0.4, -0.2) is 48.7 Å². The molecule has 0 aliphatic rings. The monoisotopic (exact) mass is 403 g/mol. The van der Waals surface area contributed by atoms with Crippen molar-refractivity contribution in [2.45, 2.75) is 17.5 Å². The minimum atomic E-state index is -3.77. The van der Waals surface area contributed by atoms with Gasteiger partial charge in [-0.15, -0.1) is 0 Å².